The lowest BCUT2D eigenvalue weighted by molar-refractivity contribution is -0.134. The van der Waals surface area contributed by atoms with Crippen LogP contribution in [0.4, 0.5) is 0 Å². The van der Waals surface area contributed by atoms with Gasteiger partial charge in [-0.05, 0) is 17.4 Å². The molecule has 4 N–H and O–H groups in total. The molecule has 11 heteroatoms. The van der Waals surface area contributed by atoms with E-state index in [-0.39, 0.29) is 25.0 Å². The third-order valence-electron chi connectivity index (χ3n) is 3.89. The van der Waals surface area contributed by atoms with Crippen LogP contribution in [-0.4, -0.2) is 56.9 Å². The van der Waals surface area contributed by atoms with Crippen molar-refractivity contribution in [2.75, 3.05) is 19.7 Å². The van der Waals surface area contributed by atoms with E-state index in [2.05, 4.69) is 10.0 Å². The Morgan fingerprint density at radius 2 is 2.19 bits per heavy atom. The number of thiophene rings is 1. The summed E-state index contributed by atoms with van der Waals surface area (Å²) in [6.45, 7) is 4.01. The molecule has 1 aliphatic heterocycles. The molecule has 1 aliphatic rings. The van der Waals surface area contributed by atoms with Crippen LogP contribution in [0.5, 0.6) is 5.75 Å². The zero-order valence-corrected chi connectivity index (χ0v) is 16.8. The van der Waals surface area contributed by atoms with Crippen molar-refractivity contribution in [2.24, 2.45) is 11.1 Å². The maximum absolute atomic E-state index is 12.4. The zero-order valence-electron chi connectivity index (χ0n) is 15.1. The fourth-order valence-corrected chi connectivity index (χ4v) is 3.84. The lowest BCUT2D eigenvalue weighted by atomic mass is 10.0. The molecule has 1 unspecified atom stereocenters. The van der Waals surface area contributed by atoms with Crippen LogP contribution in [0, 0.1) is 5.92 Å². The maximum Gasteiger partial charge on any atom is 0.275 e. The molecule has 0 saturated carbocycles. The summed E-state index contributed by atoms with van der Waals surface area (Å²) < 4.78 is 30.1. The van der Waals surface area contributed by atoms with Gasteiger partial charge in [0.15, 0.2) is 6.61 Å². The highest BCUT2D eigenvalue weighted by molar-refractivity contribution is 7.87. The highest BCUT2D eigenvalue weighted by Crippen LogP contribution is 2.15. The van der Waals surface area contributed by atoms with Gasteiger partial charge in [0.1, 0.15) is 11.8 Å². The Morgan fingerprint density at radius 1 is 1.44 bits per heavy atom. The van der Waals surface area contributed by atoms with Gasteiger partial charge >= 0.3 is 0 Å². The number of ether oxygens (including phenoxy) is 1. The van der Waals surface area contributed by atoms with E-state index in [1.54, 1.807) is 42.3 Å². The first-order valence-corrected chi connectivity index (χ1v) is 10.8. The Bertz CT molecular complexity index is 777. The number of hydrogen-bond donors (Lipinski definition) is 3. The summed E-state index contributed by atoms with van der Waals surface area (Å²) in [5.41, 5.74) is 0. The van der Waals surface area contributed by atoms with E-state index in [9.17, 15) is 18.0 Å². The molecule has 0 saturated heterocycles. The van der Waals surface area contributed by atoms with E-state index in [1.807, 2.05) is 5.38 Å². The normalized spacial score (nSPS) is 18.4. The third kappa shape index (κ3) is 6.94. The monoisotopic (exact) mass is 416 g/mol. The molecule has 0 spiro atoms. The highest BCUT2D eigenvalue weighted by Gasteiger charge is 2.29. The topological polar surface area (TPSA) is 131 Å². The second-order valence-corrected chi connectivity index (χ2v) is 8.58. The number of nitrogens with one attached hydrogen (secondary N) is 2. The highest BCUT2D eigenvalue weighted by atomic mass is 32.2. The summed E-state index contributed by atoms with van der Waals surface area (Å²) in [7, 11) is -4.02. The number of carbonyl (C=O) groups is 2. The van der Waals surface area contributed by atoms with Crippen molar-refractivity contribution < 1.29 is 22.7 Å². The van der Waals surface area contributed by atoms with Crippen molar-refractivity contribution in [1.82, 2.24) is 14.9 Å². The number of nitrogens with two attached hydrogens (primary N) is 1. The van der Waals surface area contributed by atoms with Gasteiger partial charge in [-0.1, -0.05) is 26.0 Å². The summed E-state index contributed by atoms with van der Waals surface area (Å²) in [6, 6.07) is 0.350. The summed E-state index contributed by atoms with van der Waals surface area (Å²) in [5, 5.41) is 11.4. The molecular formula is C16H24N4O5S2. The molecule has 1 aromatic heterocycles. The van der Waals surface area contributed by atoms with Gasteiger partial charge in [-0.15, -0.1) is 11.3 Å². The largest absolute Gasteiger partial charge is 0.483 e. The predicted molar refractivity (Wildman–Crippen MR) is 102 cm³/mol. The van der Waals surface area contributed by atoms with Crippen LogP contribution >= 0.6 is 11.3 Å². The fourth-order valence-electron chi connectivity index (χ4n) is 2.53. The van der Waals surface area contributed by atoms with Gasteiger partial charge in [0.25, 0.3) is 16.1 Å². The average molecular weight is 417 g/mol. The Hall–Kier alpha value is -1.95. The van der Waals surface area contributed by atoms with Gasteiger partial charge in [-0.2, -0.15) is 13.1 Å². The number of rotatable bonds is 8. The van der Waals surface area contributed by atoms with Crippen LogP contribution in [0.2, 0.25) is 0 Å². The molecule has 0 bridgehead atoms. The zero-order chi connectivity index (χ0) is 20.0. The van der Waals surface area contributed by atoms with E-state index in [4.69, 9.17) is 9.88 Å². The van der Waals surface area contributed by atoms with Crippen molar-refractivity contribution in [3.05, 3.63) is 29.0 Å². The lowest BCUT2D eigenvalue weighted by Crippen LogP contribution is -2.56. The van der Waals surface area contributed by atoms with Crippen molar-refractivity contribution in [3.8, 4) is 5.75 Å². The Morgan fingerprint density at radius 3 is 2.78 bits per heavy atom. The third-order valence-corrected chi connectivity index (χ3v) is 5.13. The molecule has 2 rings (SSSR count). The molecule has 27 heavy (non-hydrogen) atoms. The second kappa shape index (κ2) is 9.31. The van der Waals surface area contributed by atoms with Crippen LogP contribution in [0.25, 0.3) is 0 Å². The first-order chi connectivity index (χ1) is 12.7. The molecular weight excluding hydrogens is 392 g/mol. The van der Waals surface area contributed by atoms with E-state index in [1.165, 1.54) is 11.3 Å². The summed E-state index contributed by atoms with van der Waals surface area (Å²) in [4.78, 5) is 26.3. The quantitative estimate of drug-likeness (QED) is 0.506. The van der Waals surface area contributed by atoms with Gasteiger partial charge in [-0.3, -0.25) is 9.59 Å². The molecule has 2 heterocycles. The molecule has 0 radical (unpaired) electrons. The SMILES string of the molecule is CC(C)[C@@H](NS(N)(=O)=O)C(=O)NC1C=CCN(C(=O)COc2ccsc2)C1. The van der Waals surface area contributed by atoms with Crippen molar-refractivity contribution in [1.29, 1.82) is 0 Å². The van der Waals surface area contributed by atoms with Gasteiger partial charge in [0.2, 0.25) is 5.91 Å². The van der Waals surface area contributed by atoms with E-state index in [0.29, 0.717) is 12.3 Å². The van der Waals surface area contributed by atoms with Crippen LogP contribution in [0.15, 0.2) is 29.0 Å². The number of nitrogens with zero attached hydrogens (tertiary/aromatic N) is 1. The van der Waals surface area contributed by atoms with Gasteiger partial charge in [0, 0.05) is 18.5 Å². The fraction of sp³-hybridized carbons (Fsp3) is 0.500. The first kappa shape index (κ1) is 21.4. The van der Waals surface area contributed by atoms with Crippen molar-refractivity contribution in [2.45, 2.75) is 25.9 Å². The minimum Gasteiger partial charge on any atom is -0.483 e. The number of amides is 2. The molecule has 2 amide bonds. The van der Waals surface area contributed by atoms with Crippen molar-refractivity contribution >= 4 is 33.4 Å². The Labute approximate surface area is 162 Å². The van der Waals surface area contributed by atoms with E-state index in [0.717, 1.165) is 0 Å². The second-order valence-electron chi connectivity index (χ2n) is 6.47. The van der Waals surface area contributed by atoms with E-state index < -0.39 is 28.2 Å². The Balaban J connectivity index is 1.90. The molecule has 9 nitrogen and oxygen atoms in total. The van der Waals surface area contributed by atoms with Crippen LogP contribution in [0.3, 0.4) is 0 Å². The summed E-state index contributed by atoms with van der Waals surface area (Å²) >= 11 is 1.48. The number of carbonyl (C=O) groups excluding carboxylic acids is 2. The van der Waals surface area contributed by atoms with Gasteiger partial charge in [0.05, 0.1) is 6.04 Å². The van der Waals surface area contributed by atoms with Crippen molar-refractivity contribution in [3.63, 3.8) is 0 Å². The van der Waals surface area contributed by atoms with Crippen LogP contribution < -0.4 is 19.9 Å². The predicted octanol–water partition coefficient (Wildman–Crippen LogP) is -0.172. The van der Waals surface area contributed by atoms with E-state index >= 15 is 0 Å². The summed E-state index contributed by atoms with van der Waals surface area (Å²) in [5.74, 6) is -0.363. The minimum absolute atomic E-state index is 0.0904. The molecule has 0 aromatic carbocycles. The van der Waals surface area contributed by atoms with Crippen LogP contribution in [0.1, 0.15) is 13.8 Å². The standard InChI is InChI=1S/C16H24N4O5S2/c1-11(2)15(19-27(17,23)24)16(22)18-12-4-3-6-20(8-12)14(21)9-25-13-5-7-26-10-13/h3-5,7,10-12,15,19H,6,8-9H2,1-2H3,(H,18,22)(H2,17,23,24)/t12?,15-/m1/s1. The summed E-state index contributed by atoms with van der Waals surface area (Å²) in [6.07, 6.45) is 3.55. The Kier molecular flexibility index (Phi) is 7.36. The molecule has 2 atom stereocenters. The average Bonchev–Trinajstić information content (AvgIpc) is 3.10. The lowest BCUT2D eigenvalue weighted by Gasteiger charge is -2.30. The van der Waals surface area contributed by atoms with Gasteiger partial charge in [-0.25, -0.2) is 5.14 Å². The first-order valence-electron chi connectivity index (χ1n) is 8.35. The molecule has 150 valence electrons. The smallest absolute Gasteiger partial charge is 0.275 e. The van der Waals surface area contributed by atoms with Crippen LogP contribution in [-0.2, 0) is 19.8 Å². The minimum atomic E-state index is -4.02. The molecule has 0 fully saturated rings. The molecule has 1 aromatic rings. The maximum atomic E-state index is 12.4. The van der Waals surface area contributed by atoms with Gasteiger partial charge < -0.3 is 15.0 Å². The molecule has 0 aliphatic carbocycles. The number of hydrogen-bond acceptors (Lipinski definition) is 6.